The third-order valence-corrected chi connectivity index (χ3v) is 4.45. The zero-order chi connectivity index (χ0) is 13.4. The number of aryl methyl sites for hydroxylation is 2. The van der Waals surface area contributed by atoms with Crippen LogP contribution >= 0.6 is 0 Å². The lowest BCUT2D eigenvalue weighted by Crippen LogP contribution is -2.54. The number of carbonyl (C=O) groups excluding carboxylic acids is 1. The van der Waals surface area contributed by atoms with Gasteiger partial charge in [0.2, 0.25) is 5.91 Å². The number of nitrogens with one attached hydrogen (secondary N) is 1. The minimum atomic E-state index is 0.307. The Labute approximate surface area is 114 Å². The zero-order valence-electron chi connectivity index (χ0n) is 11.7. The Morgan fingerprint density at radius 3 is 3.05 bits per heavy atom. The maximum absolute atomic E-state index is 12.2. The Kier molecular flexibility index (Phi) is 3.31. The van der Waals surface area contributed by atoms with Crippen LogP contribution in [-0.4, -0.2) is 39.7 Å². The quantitative estimate of drug-likeness (QED) is 0.859. The Hall–Kier alpha value is -1.36. The lowest BCUT2D eigenvalue weighted by Gasteiger charge is -2.44. The summed E-state index contributed by atoms with van der Waals surface area (Å²) >= 11 is 0. The molecule has 1 N–H and O–H groups in total. The molecule has 2 aliphatic heterocycles. The molecule has 2 aliphatic rings. The summed E-state index contributed by atoms with van der Waals surface area (Å²) in [6.07, 6.45) is 2.81. The molecule has 0 aromatic carbocycles. The number of piperidine rings is 2. The van der Waals surface area contributed by atoms with Crippen molar-refractivity contribution in [1.82, 2.24) is 20.0 Å². The minimum Gasteiger partial charge on any atom is -0.333 e. The molecule has 2 atom stereocenters. The van der Waals surface area contributed by atoms with Crippen molar-refractivity contribution in [2.45, 2.75) is 38.8 Å². The molecule has 0 bridgehead atoms. The third-order valence-electron chi connectivity index (χ3n) is 4.45. The predicted octanol–water partition coefficient (Wildman–Crippen LogP) is 0.829. The van der Waals surface area contributed by atoms with Crippen molar-refractivity contribution in [2.24, 2.45) is 13.0 Å². The SMILES string of the molecule is Cc1cc(CN2C(=O)CCC3CNCCC32)n(C)n1. The number of fused-ring (bicyclic) bond motifs is 1. The number of hydrogen-bond acceptors (Lipinski definition) is 3. The van der Waals surface area contributed by atoms with Gasteiger partial charge in [0.15, 0.2) is 0 Å². The van der Waals surface area contributed by atoms with Crippen molar-refractivity contribution in [2.75, 3.05) is 13.1 Å². The van der Waals surface area contributed by atoms with Crippen LogP contribution in [0.5, 0.6) is 0 Å². The van der Waals surface area contributed by atoms with Crippen LogP contribution in [-0.2, 0) is 18.4 Å². The van der Waals surface area contributed by atoms with E-state index in [1.54, 1.807) is 0 Å². The van der Waals surface area contributed by atoms with Crippen LogP contribution in [0, 0.1) is 12.8 Å². The second-order valence-corrected chi connectivity index (χ2v) is 5.78. The molecule has 104 valence electrons. The Morgan fingerprint density at radius 1 is 1.47 bits per heavy atom. The van der Waals surface area contributed by atoms with Crippen LogP contribution in [0.15, 0.2) is 6.07 Å². The van der Waals surface area contributed by atoms with Crippen molar-refractivity contribution in [1.29, 1.82) is 0 Å². The predicted molar refractivity (Wildman–Crippen MR) is 72.5 cm³/mol. The van der Waals surface area contributed by atoms with Crippen LogP contribution < -0.4 is 5.32 Å². The fourth-order valence-corrected chi connectivity index (χ4v) is 3.44. The van der Waals surface area contributed by atoms with Crippen LogP contribution in [0.4, 0.5) is 0 Å². The van der Waals surface area contributed by atoms with Crippen LogP contribution in [0.2, 0.25) is 0 Å². The molecular formula is C14H22N4O. The molecule has 0 aliphatic carbocycles. The zero-order valence-corrected chi connectivity index (χ0v) is 11.7. The van der Waals surface area contributed by atoms with Crippen molar-refractivity contribution < 1.29 is 4.79 Å². The summed E-state index contributed by atoms with van der Waals surface area (Å²) in [4.78, 5) is 14.3. The molecule has 3 heterocycles. The van der Waals surface area contributed by atoms with Crippen LogP contribution in [0.3, 0.4) is 0 Å². The van der Waals surface area contributed by atoms with Crippen molar-refractivity contribution >= 4 is 5.91 Å². The summed E-state index contributed by atoms with van der Waals surface area (Å²) in [6.45, 7) is 4.78. The number of hydrogen-bond donors (Lipinski definition) is 1. The highest BCUT2D eigenvalue weighted by atomic mass is 16.2. The van der Waals surface area contributed by atoms with Crippen LogP contribution in [0.1, 0.15) is 30.7 Å². The highest BCUT2D eigenvalue weighted by Gasteiger charge is 2.37. The number of aromatic nitrogens is 2. The van der Waals surface area contributed by atoms with E-state index in [-0.39, 0.29) is 0 Å². The van der Waals surface area contributed by atoms with E-state index in [2.05, 4.69) is 21.4 Å². The molecule has 1 aromatic heterocycles. The molecule has 2 unspecified atom stereocenters. The van der Waals surface area contributed by atoms with Gasteiger partial charge in [0, 0.05) is 19.5 Å². The van der Waals surface area contributed by atoms with Gasteiger partial charge in [-0.2, -0.15) is 5.10 Å². The lowest BCUT2D eigenvalue weighted by atomic mass is 9.84. The molecule has 3 rings (SSSR count). The highest BCUT2D eigenvalue weighted by Crippen LogP contribution is 2.29. The van der Waals surface area contributed by atoms with Gasteiger partial charge in [-0.1, -0.05) is 0 Å². The average molecular weight is 262 g/mol. The average Bonchev–Trinajstić information content (AvgIpc) is 2.71. The monoisotopic (exact) mass is 262 g/mol. The summed E-state index contributed by atoms with van der Waals surface area (Å²) in [5.74, 6) is 0.933. The number of likely N-dealkylation sites (tertiary alicyclic amines) is 1. The van der Waals surface area contributed by atoms with Gasteiger partial charge < -0.3 is 10.2 Å². The summed E-state index contributed by atoms with van der Waals surface area (Å²) in [5, 5.41) is 7.82. The molecule has 2 fully saturated rings. The fraction of sp³-hybridized carbons (Fsp3) is 0.714. The molecule has 0 spiro atoms. The molecule has 0 radical (unpaired) electrons. The van der Waals surface area contributed by atoms with Gasteiger partial charge in [-0.15, -0.1) is 0 Å². The van der Waals surface area contributed by atoms with Crippen molar-refractivity contribution in [3.63, 3.8) is 0 Å². The van der Waals surface area contributed by atoms with E-state index in [1.807, 2.05) is 18.7 Å². The number of nitrogens with zero attached hydrogens (tertiary/aromatic N) is 3. The first-order valence-electron chi connectivity index (χ1n) is 7.15. The molecule has 1 amide bonds. The van der Waals surface area contributed by atoms with Gasteiger partial charge in [0.25, 0.3) is 0 Å². The maximum Gasteiger partial charge on any atom is 0.223 e. The second kappa shape index (κ2) is 4.96. The summed E-state index contributed by atoms with van der Waals surface area (Å²) in [7, 11) is 1.96. The first-order valence-corrected chi connectivity index (χ1v) is 7.15. The van der Waals surface area contributed by atoms with E-state index >= 15 is 0 Å². The smallest absolute Gasteiger partial charge is 0.223 e. The van der Waals surface area contributed by atoms with E-state index in [1.165, 1.54) is 0 Å². The van der Waals surface area contributed by atoms with E-state index in [0.717, 1.165) is 37.3 Å². The lowest BCUT2D eigenvalue weighted by molar-refractivity contribution is -0.140. The van der Waals surface area contributed by atoms with Crippen molar-refractivity contribution in [3.8, 4) is 0 Å². The topological polar surface area (TPSA) is 50.2 Å². The highest BCUT2D eigenvalue weighted by molar-refractivity contribution is 5.77. The van der Waals surface area contributed by atoms with E-state index in [9.17, 15) is 4.79 Å². The maximum atomic E-state index is 12.2. The number of amides is 1. The standard InChI is InChI=1S/C14H22N4O/c1-10-7-12(17(2)16-10)9-18-13-5-6-15-8-11(13)3-4-14(18)19/h7,11,13,15H,3-6,8-9H2,1-2H3. The van der Waals surface area contributed by atoms with Gasteiger partial charge in [0.05, 0.1) is 17.9 Å². The first-order chi connectivity index (χ1) is 9.15. The largest absolute Gasteiger partial charge is 0.333 e. The van der Waals surface area contributed by atoms with Gasteiger partial charge in [0.1, 0.15) is 0 Å². The summed E-state index contributed by atoms with van der Waals surface area (Å²) in [6, 6.07) is 2.50. The number of carbonyl (C=O) groups is 1. The molecule has 5 nitrogen and oxygen atoms in total. The summed E-state index contributed by atoms with van der Waals surface area (Å²) < 4.78 is 1.90. The molecule has 1 aromatic rings. The normalized spacial score (nSPS) is 27.5. The molecule has 19 heavy (non-hydrogen) atoms. The minimum absolute atomic E-state index is 0.307. The molecule has 2 saturated heterocycles. The Bertz CT molecular complexity index is 482. The van der Waals surface area contributed by atoms with Gasteiger partial charge in [-0.05, 0) is 44.8 Å². The van der Waals surface area contributed by atoms with E-state index < -0.39 is 0 Å². The van der Waals surface area contributed by atoms with Crippen LogP contribution in [0.25, 0.3) is 0 Å². The first kappa shape index (κ1) is 12.7. The van der Waals surface area contributed by atoms with Crippen molar-refractivity contribution in [3.05, 3.63) is 17.5 Å². The Morgan fingerprint density at radius 2 is 2.32 bits per heavy atom. The second-order valence-electron chi connectivity index (χ2n) is 5.78. The van der Waals surface area contributed by atoms with Gasteiger partial charge in [-0.25, -0.2) is 0 Å². The third kappa shape index (κ3) is 2.39. The van der Waals surface area contributed by atoms with Gasteiger partial charge in [-0.3, -0.25) is 9.48 Å². The van der Waals surface area contributed by atoms with E-state index in [4.69, 9.17) is 0 Å². The number of rotatable bonds is 2. The molecule has 0 saturated carbocycles. The Balaban J connectivity index is 1.80. The molecule has 5 heteroatoms. The molecular weight excluding hydrogens is 240 g/mol. The fourth-order valence-electron chi connectivity index (χ4n) is 3.44. The summed E-state index contributed by atoms with van der Waals surface area (Å²) in [5.41, 5.74) is 2.15. The van der Waals surface area contributed by atoms with Gasteiger partial charge >= 0.3 is 0 Å². The van der Waals surface area contributed by atoms with E-state index in [0.29, 0.717) is 30.8 Å².